The van der Waals surface area contributed by atoms with Crippen LogP contribution < -0.4 is 10.1 Å². The molecule has 1 aliphatic heterocycles. The van der Waals surface area contributed by atoms with Gasteiger partial charge in [0, 0.05) is 30.8 Å². The normalized spacial score (nSPS) is 18.8. The quantitative estimate of drug-likeness (QED) is 0.639. The Bertz CT molecular complexity index is 458. The van der Waals surface area contributed by atoms with Crippen molar-refractivity contribution < 1.29 is 14.4 Å². The second-order valence-corrected chi connectivity index (χ2v) is 4.79. The minimum Gasteiger partial charge on any atom is -0.488 e. The van der Waals surface area contributed by atoms with Gasteiger partial charge in [0.25, 0.3) is 5.69 Å². The van der Waals surface area contributed by atoms with E-state index < -0.39 is 0 Å². The molecule has 1 aliphatic rings. The molecule has 0 bridgehead atoms. The van der Waals surface area contributed by atoms with Crippen molar-refractivity contribution in [3.8, 4) is 5.75 Å². The smallest absolute Gasteiger partial charge is 0.270 e. The molecule has 0 saturated carbocycles. The lowest BCUT2D eigenvalue weighted by Crippen LogP contribution is -2.28. The third-order valence-electron chi connectivity index (χ3n) is 3.23. The molecule has 1 unspecified atom stereocenters. The minimum absolute atomic E-state index is 0.0329. The standard InChI is InChI=1S/C14H20N2O4/c1-2-15-9-11-8-12(16(17)18)5-6-14(11)20-13-4-3-7-19-10-13/h5-6,8,13,15H,2-4,7,9-10H2,1H3. The lowest BCUT2D eigenvalue weighted by Gasteiger charge is -2.24. The molecule has 20 heavy (non-hydrogen) atoms. The number of hydrogen-bond donors (Lipinski definition) is 1. The number of rotatable bonds is 6. The van der Waals surface area contributed by atoms with Crippen molar-refractivity contribution in [2.24, 2.45) is 0 Å². The zero-order chi connectivity index (χ0) is 14.4. The number of benzene rings is 1. The molecule has 110 valence electrons. The van der Waals surface area contributed by atoms with Gasteiger partial charge in [-0.15, -0.1) is 0 Å². The Morgan fingerprint density at radius 2 is 2.40 bits per heavy atom. The average molecular weight is 280 g/mol. The Labute approximate surface area is 118 Å². The first kappa shape index (κ1) is 14.7. The molecule has 6 heteroatoms. The third-order valence-corrected chi connectivity index (χ3v) is 3.23. The summed E-state index contributed by atoms with van der Waals surface area (Å²) in [6, 6.07) is 4.73. The van der Waals surface area contributed by atoms with E-state index >= 15 is 0 Å². The molecular formula is C14H20N2O4. The van der Waals surface area contributed by atoms with Crippen molar-refractivity contribution in [3.63, 3.8) is 0 Å². The van der Waals surface area contributed by atoms with Gasteiger partial charge in [-0.3, -0.25) is 10.1 Å². The highest BCUT2D eigenvalue weighted by atomic mass is 16.6. The first-order valence-corrected chi connectivity index (χ1v) is 6.93. The average Bonchev–Trinajstić information content (AvgIpc) is 2.47. The maximum absolute atomic E-state index is 10.9. The number of ether oxygens (including phenoxy) is 2. The molecule has 1 N–H and O–H groups in total. The lowest BCUT2D eigenvalue weighted by molar-refractivity contribution is -0.384. The molecule has 0 spiro atoms. The van der Waals surface area contributed by atoms with Crippen LogP contribution >= 0.6 is 0 Å². The predicted molar refractivity (Wildman–Crippen MR) is 74.9 cm³/mol. The summed E-state index contributed by atoms with van der Waals surface area (Å²) in [6.07, 6.45) is 1.98. The van der Waals surface area contributed by atoms with E-state index in [1.807, 2.05) is 6.92 Å². The van der Waals surface area contributed by atoms with Crippen LogP contribution in [0.2, 0.25) is 0 Å². The minimum atomic E-state index is -0.386. The molecule has 1 saturated heterocycles. The number of hydrogen-bond acceptors (Lipinski definition) is 5. The monoisotopic (exact) mass is 280 g/mol. The maximum atomic E-state index is 10.9. The van der Waals surface area contributed by atoms with Crippen molar-refractivity contribution in [2.45, 2.75) is 32.4 Å². The molecule has 0 amide bonds. The van der Waals surface area contributed by atoms with E-state index in [9.17, 15) is 10.1 Å². The largest absolute Gasteiger partial charge is 0.488 e. The number of nitro groups is 1. The van der Waals surface area contributed by atoms with Crippen LogP contribution in [-0.4, -0.2) is 30.8 Å². The fourth-order valence-corrected chi connectivity index (χ4v) is 2.18. The molecule has 1 atom stereocenters. The van der Waals surface area contributed by atoms with Gasteiger partial charge in [0.05, 0.1) is 11.5 Å². The summed E-state index contributed by atoms with van der Waals surface area (Å²) in [5.41, 5.74) is 0.900. The third kappa shape index (κ3) is 3.91. The fourth-order valence-electron chi connectivity index (χ4n) is 2.18. The molecule has 0 aliphatic carbocycles. The van der Waals surface area contributed by atoms with Gasteiger partial charge < -0.3 is 14.8 Å². The number of nitrogens with zero attached hydrogens (tertiary/aromatic N) is 1. The predicted octanol–water partition coefficient (Wildman–Crippen LogP) is 2.26. The summed E-state index contributed by atoms with van der Waals surface area (Å²) < 4.78 is 11.3. The zero-order valence-corrected chi connectivity index (χ0v) is 11.6. The molecule has 1 heterocycles. The molecule has 1 aromatic carbocycles. The van der Waals surface area contributed by atoms with Crippen molar-refractivity contribution in [1.82, 2.24) is 5.32 Å². The first-order chi connectivity index (χ1) is 9.70. The van der Waals surface area contributed by atoms with E-state index in [0.29, 0.717) is 18.9 Å². The van der Waals surface area contributed by atoms with Crippen LogP contribution in [0.25, 0.3) is 0 Å². The lowest BCUT2D eigenvalue weighted by atomic mass is 10.1. The molecule has 1 aromatic rings. The van der Waals surface area contributed by atoms with Crippen LogP contribution in [0.3, 0.4) is 0 Å². The summed E-state index contributed by atoms with van der Waals surface area (Å²) in [7, 11) is 0. The van der Waals surface area contributed by atoms with E-state index in [4.69, 9.17) is 9.47 Å². The number of nitro benzene ring substituents is 1. The number of nitrogens with one attached hydrogen (secondary N) is 1. The Morgan fingerprint density at radius 3 is 3.05 bits per heavy atom. The van der Waals surface area contributed by atoms with Gasteiger partial charge in [-0.25, -0.2) is 0 Å². The van der Waals surface area contributed by atoms with Crippen LogP contribution in [0.4, 0.5) is 5.69 Å². The summed E-state index contributed by atoms with van der Waals surface area (Å²) in [4.78, 5) is 10.5. The van der Waals surface area contributed by atoms with Crippen molar-refractivity contribution in [2.75, 3.05) is 19.8 Å². The van der Waals surface area contributed by atoms with E-state index in [-0.39, 0.29) is 16.7 Å². The van der Waals surface area contributed by atoms with E-state index in [2.05, 4.69) is 5.32 Å². The van der Waals surface area contributed by atoms with Crippen LogP contribution in [0, 0.1) is 10.1 Å². The highest BCUT2D eigenvalue weighted by Gasteiger charge is 2.18. The van der Waals surface area contributed by atoms with Crippen molar-refractivity contribution in [1.29, 1.82) is 0 Å². The van der Waals surface area contributed by atoms with Gasteiger partial charge in [-0.1, -0.05) is 6.92 Å². The Balaban J connectivity index is 2.14. The summed E-state index contributed by atoms with van der Waals surface area (Å²) in [5, 5.41) is 14.0. The molecule has 2 rings (SSSR count). The zero-order valence-electron chi connectivity index (χ0n) is 11.6. The molecule has 0 radical (unpaired) electrons. The van der Waals surface area contributed by atoms with Crippen LogP contribution in [0.5, 0.6) is 5.75 Å². The SMILES string of the molecule is CCNCc1cc([N+](=O)[O-])ccc1OC1CCCOC1. The summed E-state index contributed by atoms with van der Waals surface area (Å²) in [6.45, 7) is 4.71. The summed E-state index contributed by atoms with van der Waals surface area (Å²) >= 11 is 0. The highest BCUT2D eigenvalue weighted by molar-refractivity contribution is 5.44. The van der Waals surface area contributed by atoms with Crippen molar-refractivity contribution in [3.05, 3.63) is 33.9 Å². The number of non-ortho nitro benzene ring substituents is 1. The molecule has 0 aromatic heterocycles. The van der Waals surface area contributed by atoms with Crippen LogP contribution in [0.15, 0.2) is 18.2 Å². The van der Waals surface area contributed by atoms with Gasteiger partial charge in [-0.2, -0.15) is 0 Å². The maximum Gasteiger partial charge on any atom is 0.270 e. The molecule has 1 fully saturated rings. The van der Waals surface area contributed by atoms with Gasteiger partial charge in [0.2, 0.25) is 0 Å². The van der Waals surface area contributed by atoms with Crippen molar-refractivity contribution >= 4 is 5.69 Å². The first-order valence-electron chi connectivity index (χ1n) is 6.93. The van der Waals surface area contributed by atoms with Crippen LogP contribution in [-0.2, 0) is 11.3 Å². The van der Waals surface area contributed by atoms with Crippen LogP contribution in [0.1, 0.15) is 25.3 Å². The highest BCUT2D eigenvalue weighted by Crippen LogP contribution is 2.26. The second-order valence-electron chi connectivity index (χ2n) is 4.79. The molecular weight excluding hydrogens is 260 g/mol. The van der Waals surface area contributed by atoms with E-state index in [1.54, 1.807) is 12.1 Å². The Morgan fingerprint density at radius 1 is 1.55 bits per heavy atom. The van der Waals surface area contributed by atoms with Gasteiger partial charge in [0.1, 0.15) is 11.9 Å². The topological polar surface area (TPSA) is 73.6 Å². The second kappa shape index (κ2) is 7.21. The van der Waals surface area contributed by atoms with E-state index in [1.165, 1.54) is 6.07 Å². The van der Waals surface area contributed by atoms with Gasteiger partial charge >= 0.3 is 0 Å². The van der Waals surface area contributed by atoms with E-state index in [0.717, 1.165) is 31.6 Å². The summed E-state index contributed by atoms with van der Waals surface area (Å²) in [5.74, 6) is 0.701. The molecule has 6 nitrogen and oxygen atoms in total. The Hall–Kier alpha value is -1.66. The van der Waals surface area contributed by atoms with Gasteiger partial charge in [0.15, 0.2) is 0 Å². The fraction of sp³-hybridized carbons (Fsp3) is 0.571. The Kier molecular flexibility index (Phi) is 5.31. The van der Waals surface area contributed by atoms with Gasteiger partial charge in [-0.05, 0) is 25.5 Å².